The molecule has 1 amide bonds. The molecule has 0 saturated heterocycles. The van der Waals surface area contributed by atoms with Gasteiger partial charge in [0.25, 0.3) is 0 Å². The van der Waals surface area contributed by atoms with Crippen molar-refractivity contribution in [3.05, 3.63) is 53.3 Å². The van der Waals surface area contributed by atoms with Crippen LogP contribution in [-0.2, 0) is 20.8 Å². The van der Waals surface area contributed by atoms with Gasteiger partial charge in [0, 0.05) is 31.5 Å². The molecule has 198 valence electrons. The van der Waals surface area contributed by atoms with Crippen LogP contribution in [0.25, 0.3) is 0 Å². The summed E-state index contributed by atoms with van der Waals surface area (Å²) in [5, 5.41) is 22.3. The fraction of sp³-hybridized carbons (Fsp3) is 0.462. The van der Waals surface area contributed by atoms with E-state index in [2.05, 4.69) is 10.3 Å². The van der Waals surface area contributed by atoms with Crippen LogP contribution < -0.4 is 10.1 Å². The number of aliphatic imine (C=N–C) groups is 1. The van der Waals surface area contributed by atoms with Crippen molar-refractivity contribution in [3.8, 4) is 5.75 Å². The first-order valence-electron chi connectivity index (χ1n) is 11.3. The molecule has 1 atom stereocenters. The number of carbonyl (C=O) groups is 2. The maximum Gasteiger partial charge on any atom is 0.328 e. The number of hydrogen-bond acceptors (Lipinski definition) is 6. The van der Waals surface area contributed by atoms with E-state index < -0.39 is 12.0 Å². The van der Waals surface area contributed by atoms with E-state index in [0.29, 0.717) is 25.3 Å². The smallest absolute Gasteiger partial charge is 0.328 e. The predicted octanol–water partition coefficient (Wildman–Crippen LogP) is 3.96. The number of ether oxygens (including phenoxy) is 1. The van der Waals surface area contributed by atoms with Gasteiger partial charge in [-0.05, 0) is 36.1 Å². The molecular formula is C26H35FmN2O6-. The second-order valence-corrected chi connectivity index (χ2v) is 8.44. The number of aliphatic carboxylic acids is 1. The van der Waals surface area contributed by atoms with Crippen LogP contribution in [0.4, 0.5) is 0 Å². The fourth-order valence-electron chi connectivity index (χ4n) is 3.53. The van der Waals surface area contributed by atoms with E-state index in [1.807, 2.05) is 27.7 Å². The molecule has 0 aromatic heterocycles. The van der Waals surface area contributed by atoms with Crippen molar-refractivity contribution in [1.82, 2.24) is 5.32 Å². The number of aliphatic hydroxyl groups excluding tert-OH is 1. The van der Waals surface area contributed by atoms with Gasteiger partial charge >= 0.3 is 5.97 Å². The number of carbonyl (C=O) groups excluding carboxylic acids is 2. The minimum atomic E-state index is -1.11. The number of rotatable bonds is 11. The summed E-state index contributed by atoms with van der Waals surface area (Å²) in [7, 11) is 0. The van der Waals surface area contributed by atoms with E-state index in [0.717, 1.165) is 5.56 Å². The van der Waals surface area contributed by atoms with Crippen molar-refractivity contribution in [2.45, 2.75) is 59.9 Å². The van der Waals surface area contributed by atoms with Crippen molar-refractivity contribution < 1.29 is 29.3 Å². The minimum absolute atomic E-state index is 0. The van der Waals surface area contributed by atoms with E-state index in [1.165, 1.54) is 0 Å². The van der Waals surface area contributed by atoms with Crippen LogP contribution in [0.5, 0.6) is 5.75 Å². The van der Waals surface area contributed by atoms with Gasteiger partial charge in [0.15, 0.2) is 11.8 Å². The summed E-state index contributed by atoms with van der Waals surface area (Å²) >= 11 is 0. The summed E-state index contributed by atoms with van der Waals surface area (Å²) in [5.41, 5.74) is 0.788. The van der Waals surface area contributed by atoms with Gasteiger partial charge < -0.3 is 25.1 Å². The fourth-order valence-corrected chi connectivity index (χ4v) is 3.53. The number of carboxylic acid groups (broad SMARTS) is 1. The van der Waals surface area contributed by atoms with E-state index >= 15 is 0 Å². The van der Waals surface area contributed by atoms with Gasteiger partial charge in [0.1, 0.15) is 18.1 Å². The Morgan fingerprint density at radius 3 is 2.40 bits per heavy atom. The van der Waals surface area contributed by atoms with Crippen LogP contribution in [0.15, 0.2) is 52.7 Å². The molecule has 0 fully saturated rings. The first kappa shape index (κ1) is 30.6. The van der Waals surface area contributed by atoms with Gasteiger partial charge in [-0.3, -0.25) is 9.79 Å². The number of nitrogens with one attached hydrogen (secondary N) is 1. The molecule has 0 spiro atoms. The average molecular weight is 729 g/mol. The topological polar surface area (TPSA) is 125 Å². The first-order chi connectivity index (χ1) is 16.1. The maximum atomic E-state index is 12.5. The minimum Gasteiger partial charge on any atom is -0.527 e. The molecule has 35 heavy (non-hydrogen) atoms. The molecule has 1 aliphatic rings. The monoisotopic (exact) mass is 728 g/mol. The van der Waals surface area contributed by atoms with E-state index in [9.17, 15) is 24.6 Å². The Bertz CT molecular complexity index is 936. The van der Waals surface area contributed by atoms with Gasteiger partial charge in [-0.15, -0.1) is 0 Å². The Kier molecular flexibility index (Phi) is 12.8. The Morgan fingerprint density at radius 1 is 1.23 bits per heavy atom. The molecule has 1 aromatic rings. The maximum absolute atomic E-state index is 12.5. The summed E-state index contributed by atoms with van der Waals surface area (Å²) in [6.07, 6.45) is 5.82. The summed E-state index contributed by atoms with van der Waals surface area (Å²) in [6.45, 7) is 10.1. The van der Waals surface area contributed by atoms with Crippen molar-refractivity contribution in [2.24, 2.45) is 10.4 Å². The first-order valence-corrected chi connectivity index (χ1v) is 11.3. The van der Waals surface area contributed by atoms with Crippen LogP contribution in [0, 0.1) is 5.41 Å². The van der Waals surface area contributed by atoms with Gasteiger partial charge in [-0.2, -0.15) is 6.41 Å². The molecular weight excluding hydrogens is 693 g/mol. The van der Waals surface area contributed by atoms with Crippen LogP contribution in [0.3, 0.4) is 0 Å². The van der Waals surface area contributed by atoms with E-state index in [4.69, 9.17) is 4.74 Å². The molecule has 9 heteroatoms. The van der Waals surface area contributed by atoms with Crippen molar-refractivity contribution in [3.63, 3.8) is 0 Å². The summed E-state index contributed by atoms with van der Waals surface area (Å²) in [5.74, 6) is -0.753. The van der Waals surface area contributed by atoms with Crippen molar-refractivity contribution in [2.75, 3.05) is 13.2 Å². The number of allylic oxidation sites excluding steroid dienone is 2. The molecule has 3 N–H and O–H groups in total. The normalized spacial score (nSPS) is 16.0. The summed E-state index contributed by atoms with van der Waals surface area (Å²) < 4.78 is 5.55. The van der Waals surface area contributed by atoms with Gasteiger partial charge in [0.05, 0.1) is 5.57 Å². The number of Topliss-reactive ketones (excluding diaryl/α,β-unsaturated/α-hetero) is 1. The molecule has 1 aromatic carbocycles. The number of carboxylic acids is 1. The zero-order chi connectivity index (χ0) is 25.7. The third-order valence-corrected chi connectivity index (χ3v) is 5.01. The van der Waals surface area contributed by atoms with Crippen LogP contribution in [0.2, 0.25) is 0 Å². The third-order valence-electron chi connectivity index (χ3n) is 5.01. The van der Waals surface area contributed by atoms with Crippen LogP contribution in [-0.4, -0.2) is 53.3 Å². The van der Waals surface area contributed by atoms with Crippen LogP contribution in [0.1, 0.15) is 53.0 Å². The molecule has 0 heterocycles. The van der Waals surface area contributed by atoms with E-state index in [-0.39, 0.29) is 41.1 Å². The van der Waals surface area contributed by atoms with Crippen LogP contribution >= 0.6 is 0 Å². The SMILES string of the molecule is CC.CC(=NC(Cc1ccc(OC/C=C/CN[C-]=O)cc1)C(=O)O)C1=C(O)CC(C)(C)CC1=O.[Fm]. The van der Waals surface area contributed by atoms with Crippen molar-refractivity contribution >= 4 is 23.9 Å². The van der Waals surface area contributed by atoms with Crippen molar-refractivity contribution in [1.29, 1.82) is 0 Å². The predicted molar refractivity (Wildman–Crippen MR) is 132 cm³/mol. The summed E-state index contributed by atoms with van der Waals surface area (Å²) in [4.78, 5) is 38.5. The molecule has 1 aliphatic carbocycles. The summed E-state index contributed by atoms with van der Waals surface area (Å²) in [6, 6.07) is 5.89. The number of nitrogens with zero attached hydrogens (tertiary/aromatic N) is 1. The second kappa shape index (κ2) is 14.7. The molecule has 1 unspecified atom stereocenters. The number of benzene rings is 1. The Hall–Kier alpha value is -4.42. The molecule has 8 nitrogen and oxygen atoms in total. The quantitative estimate of drug-likeness (QED) is 0.104. The standard InChI is InChI=1S/C24H29N2O6.C2H6.Fm/c1-16(22-20(28)13-24(2,3)14-21(22)29)26-19(23(30)31)12-17-6-8-18(9-7-17)32-11-5-4-10-25-15-27;1-2;/h4-9,19,28H,10-14H2,1-3H3,(H,25,27)(H,30,31);1-2H3;/q-1;;/b5-4+,26-16?;;. The Morgan fingerprint density at radius 2 is 1.86 bits per heavy atom. The zero-order valence-corrected chi connectivity index (χ0v) is 23.2. The van der Waals surface area contributed by atoms with Gasteiger partial charge in [-0.25, -0.2) is 4.79 Å². The average Bonchev–Trinajstić information content (AvgIpc) is 2.76. The molecule has 0 bridgehead atoms. The van der Waals surface area contributed by atoms with Gasteiger partial charge in [-0.1, -0.05) is 45.9 Å². The van der Waals surface area contributed by atoms with Gasteiger partial charge in [0.2, 0.25) is 0 Å². The largest absolute Gasteiger partial charge is 0.527 e. The molecule has 2 rings (SSSR count). The molecule has 0 saturated carbocycles. The molecule has 0 radical (unpaired) electrons. The zero-order valence-electron chi connectivity index (χ0n) is 20.8. The third kappa shape index (κ3) is 9.94. The molecule has 0 aliphatic heterocycles. The number of ketones is 1. The number of hydrogen-bond donors (Lipinski definition) is 3. The Labute approximate surface area is 201 Å². The second-order valence-electron chi connectivity index (χ2n) is 8.44. The van der Waals surface area contributed by atoms with E-state index in [1.54, 1.807) is 49.8 Å². The number of amides is 1. The number of aliphatic hydroxyl groups is 1. The Balaban J connectivity index is 0.00000375.